The van der Waals surface area contributed by atoms with Gasteiger partial charge in [-0.3, -0.25) is 9.67 Å². The molecule has 0 spiro atoms. The van der Waals surface area contributed by atoms with E-state index in [4.69, 9.17) is 14.1 Å². The minimum Gasteiger partial charge on any atom is -0.469 e. The summed E-state index contributed by atoms with van der Waals surface area (Å²) >= 11 is 0. The molecule has 1 aliphatic rings. The van der Waals surface area contributed by atoms with Crippen molar-refractivity contribution in [1.29, 1.82) is 0 Å². The van der Waals surface area contributed by atoms with Crippen LogP contribution >= 0.6 is 24.0 Å². The topological polar surface area (TPSA) is 84.9 Å². The van der Waals surface area contributed by atoms with Gasteiger partial charge in [0.1, 0.15) is 5.76 Å². The zero-order chi connectivity index (χ0) is 21.3. The van der Waals surface area contributed by atoms with Crippen molar-refractivity contribution in [2.24, 2.45) is 10.9 Å². The fourth-order valence-electron chi connectivity index (χ4n) is 3.51. The third kappa shape index (κ3) is 7.55. The molecule has 8 nitrogen and oxygen atoms in total. The molecule has 1 aliphatic heterocycles. The lowest BCUT2D eigenvalue weighted by Gasteiger charge is -2.35. The third-order valence-electron chi connectivity index (χ3n) is 5.02. The molecular formula is C22H34IN5O3. The van der Waals surface area contributed by atoms with Gasteiger partial charge in [-0.15, -0.1) is 24.0 Å². The summed E-state index contributed by atoms with van der Waals surface area (Å²) in [6.45, 7) is 9.80. The number of likely N-dealkylation sites (tertiary alicyclic amines) is 1. The number of aromatic nitrogens is 2. The first-order valence-electron chi connectivity index (χ1n) is 10.8. The first-order chi connectivity index (χ1) is 14.6. The van der Waals surface area contributed by atoms with Gasteiger partial charge in [0.15, 0.2) is 5.96 Å². The van der Waals surface area contributed by atoms with Gasteiger partial charge in [-0.25, -0.2) is 4.79 Å². The van der Waals surface area contributed by atoms with Crippen LogP contribution in [0.5, 0.6) is 0 Å². The molecule has 1 saturated heterocycles. The van der Waals surface area contributed by atoms with E-state index < -0.39 is 0 Å². The summed E-state index contributed by atoms with van der Waals surface area (Å²) in [6, 6.07) is 4.09. The predicted molar refractivity (Wildman–Crippen MR) is 131 cm³/mol. The number of hydrogen-bond donors (Lipinski definition) is 1. The van der Waals surface area contributed by atoms with Crippen molar-refractivity contribution in [3.8, 4) is 0 Å². The van der Waals surface area contributed by atoms with Gasteiger partial charge in [0.25, 0.3) is 0 Å². The van der Waals surface area contributed by atoms with Crippen molar-refractivity contribution in [2.45, 2.75) is 46.1 Å². The highest BCUT2D eigenvalue weighted by molar-refractivity contribution is 14.0. The zero-order valence-electron chi connectivity index (χ0n) is 18.6. The van der Waals surface area contributed by atoms with E-state index in [1.807, 2.05) is 16.8 Å². The molecule has 9 heteroatoms. The van der Waals surface area contributed by atoms with Crippen LogP contribution < -0.4 is 5.32 Å². The Morgan fingerprint density at radius 3 is 3.00 bits per heavy atom. The quantitative estimate of drug-likeness (QED) is 0.236. The number of ether oxygens (including phenoxy) is 1. The average molecular weight is 543 g/mol. The Hall–Kier alpha value is -2.04. The van der Waals surface area contributed by atoms with Crippen LogP contribution in [-0.2, 0) is 11.2 Å². The zero-order valence-corrected chi connectivity index (χ0v) is 21.0. The van der Waals surface area contributed by atoms with E-state index in [1.165, 1.54) is 0 Å². The number of esters is 1. The standard InChI is InChI=1S/C22H33N5O3.HI/c1-4-29-21(28)18-14-25-27(15-18)19-7-5-11-26(16-19)22(24-13-17(2)3)23-10-9-20-8-6-12-30-20;/h6,8,12,14-15,17,19H,4-5,7,9-11,13,16H2,1-3H3,(H,23,24);1H. The number of aliphatic imine (C=N–C) groups is 1. The van der Waals surface area contributed by atoms with Crippen LogP contribution in [0.1, 0.15) is 55.8 Å². The fourth-order valence-corrected chi connectivity index (χ4v) is 3.51. The molecule has 2 aromatic heterocycles. The van der Waals surface area contributed by atoms with Crippen LogP contribution in [0.15, 0.2) is 40.2 Å². The van der Waals surface area contributed by atoms with Gasteiger partial charge < -0.3 is 19.4 Å². The highest BCUT2D eigenvalue weighted by Gasteiger charge is 2.25. The van der Waals surface area contributed by atoms with Crippen molar-refractivity contribution in [2.75, 3.05) is 32.8 Å². The third-order valence-corrected chi connectivity index (χ3v) is 5.02. The maximum Gasteiger partial charge on any atom is 0.341 e. The van der Waals surface area contributed by atoms with Crippen molar-refractivity contribution < 1.29 is 13.9 Å². The second kappa shape index (κ2) is 12.7. The van der Waals surface area contributed by atoms with Crippen LogP contribution in [0.25, 0.3) is 0 Å². The Bertz CT molecular complexity index is 819. The van der Waals surface area contributed by atoms with Crippen LogP contribution in [0.4, 0.5) is 0 Å². The highest BCUT2D eigenvalue weighted by atomic mass is 127. The van der Waals surface area contributed by atoms with E-state index in [9.17, 15) is 4.79 Å². The van der Waals surface area contributed by atoms with E-state index in [0.29, 0.717) is 18.1 Å². The summed E-state index contributed by atoms with van der Waals surface area (Å²) in [5.74, 6) is 2.06. The molecule has 1 N–H and O–H groups in total. The smallest absolute Gasteiger partial charge is 0.341 e. The molecule has 1 fully saturated rings. The number of hydrogen-bond acceptors (Lipinski definition) is 5. The largest absolute Gasteiger partial charge is 0.469 e. The van der Waals surface area contributed by atoms with Crippen LogP contribution in [0.3, 0.4) is 0 Å². The van der Waals surface area contributed by atoms with Crippen molar-refractivity contribution in [3.63, 3.8) is 0 Å². The summed E-state index contributed by atoms with van der Waals surface area (Å²) in [7, 11) is 0. The van der Waals surface area contributed by atoms with Gasteiger partial charge in [0.05, 0.1) is 30.7 Å². The number of guanidine groups is 1. The molecule has 0 radical (unpaired) electrons. The van der Waals surface area contributed by atoms with E-state index in [-0.39, 0.29) is 36.0 Å². The molecule has 0 saturated carbocycles. The summed E-state index contributed by atoms with van der Waals surface area (Å²) in [5.41, 5.74) is 0.499. The predicted octanol–water partition coefficient (Wildman–Crippen LogP) is 3.75. The molecule has 1 atom stereocenters. The normalized spacial score (nSPS) is 16.8. The number of halogens is 1. The van der Waals surface area contributed by atoms with E-state index in [1.54, 1.807) is 25.6 Å². The first-order valence-corrected chi connectivity index (χ1v) is 10.8. The van der Waals surface area contributed by atoms with Crippen LogP contribution in [0.2, 0.25) is 0 Å². The maximum absolute atomic E-state index is 12.0. The molecular weight excluding hydrogens is 509 g/mol. The molecule has 2 aromatic rings. The van der Waals surface area contributed by atoms with Crippen LogP contribution in [0, 0.1) is 5.92 Å². The average Bonchev–Trinajstić information content (AvgIpc) is 3.43. The first kappa shape index (κ1) is 25.2. The molecule has 0 amide bonds. The lowest BCUT2D eigenvalue weighted by atomic mass is 10.1. The Labute approximate surface area is 201 Å². The van der Waals surface area contributed by atoms with Gasteiger partial charge in [-0.05, 0) is 37.8 Å². The number of nitrogens with zero attached hydrogens (tertiary/aromatic N) is 4. The second-order valence-electron chi connectivity index (χ2n) is 7.99. The molecule has 1 unspecified atom stereocenters. The van der Waals surface area contributed by atoms with Gasteiger partial charge in [0.2, 0.25) is 0 Å². The number of carbonyl (C=O) groups is 1. The fraction of sp³-hybridized carbons (Fsp3) is 0.591. The lowest BCUT2D eigenvalue weighted by molar-refractivity contribution is 0.0526. The van der Waals surface area contributed by atoms with Crippen molar-refractivity contribution >= 4 is 35.9 Å². The van der Waals surface area contributed by atoms with Crippen LogP contribution in [-0.4, -0.2) is 59.4 Å². The van der Waals surface area contributed by atoms with E-state index >= 15 is 0 Å². The van der Waals surface area contributed by atoms with Gasteiger partial charge >= 0.3 is 5.97 Å². The minimum absolute atomic E-state index is 0. The maximum atomic E-state index is 12.0. The molecule has 0 aliphatic carbocycles. The van der Waals surface area contributed by atoms with E-state index in [2.05, 4.69) is 29.2 Å². The monoisotopic (exact) mass is 543 g/mol. The number of nitrogens with one attached hydrogen (secondary N) is 1. The van der Waals surface area contributed by atoms with Gasteiger partial charge in [-0.1, -0.05) is 13.8 Å². The SMILES string of the molecule is CCOC(=O)c1cnn(C2CCCN(C(=NCC(C)C)NCCc3ccco3)C2)c1.I. The molecule has 31 heavy (non-hydrogen) atoms. The van der Waals surface area contributed by atoms with E-state index in [0.717, 1.165) is 57.2 Å². The Balaban J connectivity index is 0.00000341. The highest BCUT2D eigenvalue weighted by Crippen LogP contribution is 2.21. The van der Waals surface area contributed by atoms with Gasteiger partial charge in [-0.2, -0.15) is 5.10 Å². The van der Waals surface area contributed by atoms with Gasteiger partial charge in [0, 0.05) is 38.8 Å². The number of rotatable bonds is 8. The van der Waals surface area contributed by atoms with Crippen molar-refractivity contribution in [1.82, 2.24) is 20.0 Å². The number of carbonyl (C=O) groups excluding carboxylic acids is 1. The Morgan fingerprint density at radius 2 is 2.29 bits per heavy atom. The summed E-state index contributed by atoms with van der Waals surface area (Å²) in [4.78, 5) is 19.1. The minimum atomic E-state index is -0.324. The molecule has 0 bridgehead atoms. The Kier molecular flexibility index (Phi) is 10.4. The summed E-state index contributed by atoms with van der Waals surface area (Å²) in [5, 5.41) is 7.93. The summed E-state index contributed by atoms with van der Waals surface area (Å²) < 4.78 is 12.4. The lowest BCUT2D eigenvalue weighted by Crippen LogP contribution is -2.47. The molecule has 3 rings (SSSR count). The molecule has 172 valence electrons. The molecule has 3 heterocycles. The summed E-state index contributed by atoms with van der Waals surface area (Å²) in [6.07, 6.45) is 7.96. The Morgan fingerprint density at radius 1 is 1.45 bits per heavy atom. The van der Waals surface area contributed by atoms with Crippen molar-refractivity contribution in [3.05, 3.63) is 42.1 Å². The molecule has 0 aromatic carbocycles. The second-order valence-corrected chi connectivity index (χ2v) is 7.99. The number of piperidine rings is 1. The number of furan rings is 1.